The minimum atomic E-state index is -0.740. The SMILES string of the molecule is CCC(C(=O)Nc1cc(Cl)ccc1C)n1nnc2sc3c(c2c1=O)CCC(C)C3. The zero-order chi connectivity index (χ0) is 20.7. The van der Waals surface area contributed by atoms with Gasteiger partial charge in [-0.1, -0.05) is 36.7 Å². The second-order valence-corrected chi connectivity index (χ2v) is 9.26. The van der Waals surface area contributed by atoms with Crippen LogP contribution in [0, 0.1) is 12.8 Å². The molecule has 0 radical (unpaired) electrons. The fourth-order valence-corrected chi connectivity index (χ4v) is 5.38. The van der Waals surface area contributed by atoms with Gasteiger partial charge in [-0.3, -0.25) is 9.59 Å². The van der Waals surface area contributed by atoms with Crippen molar-refractivity contribution in [2.75, 3.05) is 5.32 Å². The summed E-state index contributed by atoms with van der Waals surface area (Å²) < 4.78 is 1.24. The number of fused-ring (bicyclic) bond motifs is 3. The first-order chi connectivity index (χ1) is 13.9. The molecule has 0 saturated carbocycles. The molecule has 1 aliphatic rings. The highest BCUT2D eigenvalue weighted by molar-refractivity contribution is 7.18. The highest BCUT2D eigenvalue weighted by Gasteiger charge is 2.27. The minimum absolute atomic E-state index is 0.230. The van der Waals surface area contributed by atoms with Gasteiger partial charge in [-0.05, 0) is 61.8 Å². The number of rotatable bonds is 4. The molecule has 4 rings (SSSR count). The Hall–Kier alpha value is -2.25. The molecule has 0 fully saturated rings. The number of amides is 1. The van der Waals surface area contributed by atoms with Gasteiger partial charge in [-0.2, -0.15) is 4.68 Å². The molecule has 2 heterocycles. The summed E-state index contributed by atoms with van der Waals surface area (Å²) in [6, 6.07) is 4.58. The van der Waals surface area contributed by atoms with Gasteiger partial charge in [-0.25, -0.2) is 0 Å². The highest BCUT2D eigenvalue weighted by Crippen LogP contribution is 2.35. The standard InChI is InChI=1S/C21H23ClN4O2S/c1-4-16(19(27)23-15-10-13(22)7-6-12(15)3)26-21(28)18-14-8-5-11(2)9-17(14)29-20(18)24-25-26/h6-7,10-11,16H,4-5,8-9H2,1-3H3,(H,23,27). The predicted octanol–water partition coefficient (Wildman–Crippen LogP) is 4.53. The molecule has 1 aromatic carbocycles. The van der Waals surface area contributed by atoms with Gasteiger partial charge in [0.25, 0.3) is 5.56 Å². The van der Waals surface area contributed by atoms with Crippen LogP contribution >= 0.6 is 22.9 Å². The Labute approximate surface area is 177 Å². The fraction of sp³-hybridized carbons (Fsp3) is 0.429. The van der Waals surface area contributed by atoms with Crippen LogP contribution in [0.15, 0.2) is 23.0 Å². The van der Waals surface area contributed by atoms with E-state index in [1.54, 1.807) is 23.5 Å². The van der Waals surface area contributed by atoms with Gasteiger partial charge in [0.15, 0.2) is 4.83 Å². The molecule has 2 aromatic heterocycles. The average Bonchev–Trinajstić information content (AvgIpc) is 3.05. The lowest BCUT2D eigenvalue weighted by Gasteiger charge is -2.18. The summed E-state index contributed by atoms with van der Waals surface area (Å²) in [5.41, 5.74) is 2.39. The Balaban J connectivity index is 1.72. The van der Waals surface area contributed by atoms with Crippen LogP contribution in [0.5, 0.6) is 0 Å². The summed E-state index contributed by atoms with van der Waals surface area (Å²) in [5.74, 6) is 0.312. The van der Waals surface area contributed by atoms with Gasteiger partial charge in [-0.15, -0.1) is 16.4 Å². The molecule has 2 unspecified atom stereocenters. The largest absolute Gasteiger partial charge is 0.324 e. The van der Waals surface area contributed by atoms with E-state index in [9.17, 15) is 9.59 Å². The lowest BCUT2D eigenvalue weighted by molar-refractivity contribution is -0.119. The second kappa shape index (κ2) is 7.88. The van der Waals surface area contributed by atoms with Crippen LogP contribution in [-0.2, 0) is 17.6 Å². The smallest absolute Gasteiger partial charge is 0.279 e. The number of benzene rings is 1. The minimum Gasteiger partial charge on any atom is -0.324 e. The molecule has 152 valence electrons. The molecule has 0 aliphatic heterocycles. The number of carbonyl (C=O) groups excluding carboxylic acids is 1. The number of hydrogen-bond acceptors (Lipinski definition) is 5. The zero-order valence-electron chi connectivity index (χ0n) is 16.7. The van der Waals surface area contributed by atoms with Crippen molar-refractivity contribution in [3.63, 3.8) is 0 Å². The average molecular weight is 431 g/mol. The van der Waals surface area contributed by atoms with Crippen molar-refractivity contribution in [3.8, 4) is 0 Å². The van der Waals surface area contributed by atoms with Crippen LogP contribution in [0.25, 0.3) is 10.2 Å². The number of carbonyl (C=O) groups is 1. The number of halogens is 1. The molecule has 0 bridgehead atoms. The second-order valence-electron chi connectivity index (χ2n) is 7.74. The van der Waals surface area contributed by atoms with Crippen molar-refractivity contribution in [2.24, 2.45) is 5.92 Å². The number of nitrogens with zero attached hydrogens (tertiary/aromatic N) is 3. The fourth-order valence-electron chi connectivity index (χ4n) is 3.89. The maximum absolute atomic E-state index is 13.3. The third-order valence-electron chi connectivity index (χ3n) is 5.59. The lowest BCUT2D eigenvalue weighted by Crippen LogP contribution is -2.35. The maximum Gasteiger partial charge on any atom is 0.279 e. The zero-order valence-corrected chi connectivity index (χ0v) is 18.2. The van der Waals surface area contributed by atoms with E-state index in [1.165, 1.54) is 9.56 Å². The van der Waals surface area contributed by atoms with Gasteiger partial charge in [0, 0.05) is 15.6 Å². The Kier molecular flexibility index (Phi) is 5.44. The summed E-state index contributed by atoms with van der Waals surface area (Å²) in [4.78, 5) is 28.2. The monoisotopic (exact) mass is 430 g/mol. The topological polar surface area (TPSA) is 76.9 Å². The number of aryl methyl sites for hydroxylation is 2. The summed E-state index contributed by atoms with van der Waals surface area (Å²) in [5, 5.41) is 12.5. The van der Waals surface area contributed by atoms with Crippen LogP contribution in [0.3, 0.4) is 0 Å². The Morgan fingerprint density at radius 2 is 2.24 bits per heavy atom. The maximum atomic E-state index is 13.3. The molecule has 0 spiro atoms. The van der Waals surface area contributed by atoms with Gasteiger partial charge in [0.1, 0.15) is 6.04 Å². The summed E-state index contributed by atoms with van der Waals surface area (Å²) in [6.07, 6.45) is 3.34. The van der Waals surface area contributed by atoms with Crippen LogP contribution in [0.2, 0.25) is 5.02 Å². The van der Waals surface area contributed by atoms with Crippen molar-refractivity contribution in [3.05, 3.63) is 49.6 Å². The van der Waals surface area contributed by atoms with Crippen molar-refractivity contribution in [1.82, 2.24) is 15.0 Å². The van der Waals surface area contributed by atoms with Crippen molar-refractivity contribution >= 4 is 44.7 Å². The summed E-state index contributed by atoms with van der Waals surface area (Å²) >= 11 is 7.62. The predicted molar refractivity (Wildman–Crippen MR) is 117 cm³/mol. The van der Waals surface area contributed by atoms with E-state index in [-0.39, 0.29) is 11.5 Å². The number of hydrogen-bond donors (Lipinski definition) is 1. The molecular weight excluding hydrogens is 408 g/mol. The van der Waals surface area contributed by atoms with Crippen LogP contribution < -0.4 is 10.9 Å². The van der Waals surface area contributed by atoms with Gasteiger partial charge in [0.05, 0.1) is 5.39 Å². The Morgan fingerprint density at radius 3 is 3.00 bits per heavy atom. The molecule has 6 nitrogen and oxygen atoms in total. The van der Waals surface area contributed by atoms with E-state index in [0.29, 0.717) is 33.3 Å². The number of aromatic nitrogens is 3. The summed E-state index contributed by atoms with van der Waals surface area (Å²) in [7, 11) is 0. The molecular formula is C21H23ClN4O2S. The summed E-state index contributed by atoms with van der Waals surface area (Å²) in [6.45, 7) is 5.98. The third kappa shape index (κ3) is 3.69. The molecule has 1 N–H and O–H groups in total. The van der Waals surface area contributed by atoms with Crippen LogP contribution in [-0.4, -0.2) is 20.9 Å². The molecule has 1 aliphatic carbocycles. The Bertz CT molecular complexity index is 1150. The molecule has 29 heavy (non-hydrogen) atoms. The molecule has 1 amide bonds. The van der Waals surface area contributed by atoms with Gasteiger partial charge in [0.2, 0.25) is 5.91 Å². The molecule has 0 saturated heterocycles. The number of anilines is 1. The quantitative estimate of drug-likeness (QED) is 0.659. The van der Waals surface area contributed by atoms with Crippen molar-refractivity contribution < 1.29 is 4.79 Å². The first kappa shape index (κ1) is 20.0. The van der Waals surface area contributed by atoms with Gasteiger partial charge < -0.3 is 5.32 Å². The first-order valence-corrected chi connectivity index (χ1v) is 11.0. The van der Waals surface area contributed by atoms with Crippen molar-refractivity contribution in [2.45, 2.75) is 52.5 Å². The Morgan fingerprint density at radius 1 is 1.45 bits per heavy atom. The number of thiophene rings is 1. The van der Waals surface area contributed by atoms with Gasteiger partial charge >= 0.3 is 0 Å². The molecule has 2 atom stereocenters. The lowest BCUT2D eigenvalue weighted by atomic mass is 9.89. The van der Waals surface area contributed by atoms with Crippen LogP contribution in [0.4, 0.5) is 5.69 Å². The van der Waals surface area contributed by atoms with E-state index in [2.05, 4.69) is 22.6 Å². The van der Waals surface area contributed by atoms with E-state index in [1.807, 2.05) is 19.9 Å². The van der Waals surface area contributed by atoms with E-state index < -0.39 is 6.04 Å². The normalized spacial score (nSPS) is 17.2. The first-order valence-electron chi connectivity index (χ1n) is 9.85. The van der Waals surface area contributed by atoms with Crippen LogP contribution in [0.1, 0.15) is 48.7 Å². The van der Waals surface area contributed by atoms with E-state index in [4.69, 9.17) is 11.6 Å². The van der Waals surface area contributed by atoms with Crippen molar-refractivity contribution in [1.29, 1.82) is 0 Å². The van der Waals surface area contributed by atoms with E-state index >= 15 is 0 Å². The third-order valence-corrected chi connectivity index (χ3v) is 6.96. The molecule has 3 aromatic rings. The van der Waals surface area contributed by atoms with E-state index in [0.717, 1.165) is 30.4 Å². The molecule has 8 heteroatoms. The number of nitrogens with one attached hydrogen (secondary N) is 1. The highest BCUT2D eigenvalue weighted by atomic mass is 35.5.